The Morgan fingerprint density at radius 3 is 2.63 bits per heavy atom. The molecule has 0 aliphatic carbocycles. The van der Waals surface area contributed by atoms with Crippen LogP contribution in [0.5, 0.6) is 0 Å². The predicted octanol–water partition coefficient (Wildman–Crippen LogP) is 1.68. The van der Waals surface area contributed by atoms with Gasteiger partial charge < -0.3 is 19.4 Å². The summed E-state index contributed by atoms with van der Waals surface area (Å²) >= 11 is 1.56. The van der Waals surface area contributed by atoms with E-state index in [9.17, 15) is 4.79 Å². The number of anilines is 2. The van der Waals surface area contributed by atoms with Gasteiger partial charge >= 0.3 is 0 Å². The van der Waals surface area contributed by atoms with Gasteiger partial charge in [0.1, 0.15) is 5.82 Å². The average molecular weight is 388 g/mol. The van der Waals surface area contributed by atoms with Crippen LogP contribution in [-0.2, 0) is 17.6 Å². The number of aromatic nitrogens is 2. The molecule has 4 heterocycles. The fraction of sp³-hybridized carbons (Fsp3) is 0.526. The first-order valence-electron chi connectivity index (χ1n) is 9.35. The third-order valence-electron chi connectivity index (χ3n) is 5.08. The van der Waals surface area contributed by atoms with Crippen molar-refractivity contribution in [2.75, 3.05) is 63.3 Å². The molecule has 1 saturated heterocycles. The van der Waals surface area contributed by atoms with Gasteiger partial charge in [0.15, 0.2) is 0 Å². The molecular weight excluding hydrogens is 362 g/mol. The van der Waals surface area contributed by atoms with E-state index in [0.717, 1.165) is 54.5 Å². The number of ether oxygens (including phenoxy) is 1. The zero-order valence-electron chi connectivity index (χ0n) is 15.8. The van der Waals surface area contributed by atoms with Crippen LogP contribution in [0.2, 0.25) is 0 Å². The second-order valence-corrected chi connectivity index (χ2v) is 7.85. The lowest BCUT2D eigenvalue weighted by molar-refractivity contribution is 0.0763. The van der Waals surface area contributed by atoms with Crippen molar-refractivity contribution >= 4 is 29.0 Å². The zero-order valence-corrected chi connectivity index (χ0v) is 16.7. The Kier molecular flexibility index (Phi) is 5.27. The molecule has 4 rings (SSSR count). The van der Waals surface area contributed by atoms with Crippen molar-refractivity contribution in [2.45, 2.75) is 12.8 Å². The van der Waals surface area contributed by atoms with E-state index in [-0.39, 0.29) is 5.91 Å². The first kappa shape index (κ1) is 18.2. The lowest BCUT2D eigenvalue weighted by Crippen LogP contribution is -2.38. The Labute approximate surface area is 163 Å². The van der Waals surface area contributed by atoms with Gasteiger partial charge in [-0.25, -0.2) is 4.98 Å². The molecule has 0 atom stereocenters. The first-order valence-corrected chi connectivity index (χ1v) is 10.3. The molecule has 0 N–H and O–H groups in total. The number of rotatable bonds is 3. The minimum Gasteiger partial charge on any atom is -0.378 e. The van der Waals surface area contributed by atoms with Gasteiger partial charge in [-0.2, -0.15) is 16.3 Å². The second kappa shape index (κ2) is 7.82. The fourth-order valence-corrected chi connectivity index (χ4v) is 4.24. The number of carbonyl (C=O) groups excluding carboxylic acids is 1. The van der Waals surface area contributed by atoms with Crippen molar-refractivity contribution in [2.24, 2.45) is 0 Å². The highest BCUT2D eigenvalue weighted by molar-refractivity contribution is 7.08. The van der Waals surface area contributed by atoms with Crippen LogP contribution < -0.4 is 9.80 Å². The number of hydrogen-bond acceptors (Lipinski definition) is 7. The second-order valence-electron chi connectivity index (χ2n) is 7.07. The molecule has 0 aromatic carbocycles. The van der Waals surface area contributed by atoms with E-state index < -0.39 is 0 Å². The molecule has 8 heteroatoms. The Hall–Kier alpha value is -2.19. The van der Waals surface area contributed by atoms with Gasteiger partial charge in [0.25, 0.3) is 5.91 Å². The lowest BCUT2D eigenvalue weighted by Gasteiger charge is -2.28. The summed E-state index contributed by atoms with van der Waals surface area (Å²) in [5, 5.41) is 3.87. The van der Waals surface area contributed by atoms with Crippen LogP contribution in [0, 0.1) is 0 Å². The molecule has 0 radical (unpaired) electrons. The van der Waals surface area contributed by atoms with Crippen molar-refractivity contribution in [3.05, 3.63) is 33.6 Å². The van der Waals surface area contributed by atoms with E-state index >= 15 is 0 Å². The minimum absolute atomic E-state index is 0.108. The molecule has 2 aromatic heterocycles. The fourth-order valence-electron chi connectivity index (χ4n) is 3.61. The molecule has 2 aliphatic rings. The highest BCUT2D eigenvalue weighted by Crippen LogP contribution is 2.27. The smallest absolute Gasteiger partial charge is 0.254 e. The molecular formula is C19H25N5O2S. The third-order valence-corrected chi connectivity index (χ3v) is 5.77. The average Bonchev–Trinajstić information content (AvgIpc) is 3.14. The quantitative estimate of drug-likeness (QED) is 0.799. The Morgan fingerprint density at radius 1 is 1.15 bits per heavy atom. The van der Waals surface area contributed by atoms with Crippen LogP contribution >= 0.6 is 11.3 Å². The summed E-state index contributed by atoms with van der Waals surface area (Å²) in [6.45, 7) is 4.43. The summed E-state index contributed by atoms with van der Waals surface area (Å²) in [6.07, 6.45) is 1.54. The number of fused-ring (bicyclic) bond motifs is 1. The maximum Gasteiger partial charge on any atom is 0.254 e. The molecule has 1 fully saturated rings. The normalized spacial score (nSPS) is 17.4. The van der Waals surface area contributed by atoms with E-state index in [1.165, 1.54) is 0 Å². The van der Waals surface area contributed by atoms with Crippen LogP contribution in [0.4, 0.5) is 11.8 Å². The molecule has 2 aromatic rings. The maximum atomic E-state index is 12.8. The van der Waals surface area contributed by atoms with Crippen molar-refractivity contribution in [1.82, 2.24) is 14.9 Å². The summed E-state index contributed by atoms with van der Waals surface area (Å²) in [6, 6.07) is 1.90. The molecule has 2 aliphatic heterocycles. The number of carbonyl (C=O) groups is 1. The van der Waals surface area contributed by atoms with Crippen molar-refractivity contribution in [1.29, 1.82) is 0 Å². The van der Waals surface area contributed by atoms with Gasteiger partial charge in [-0.15, -0.1) is 0 Å². The van der Waals surface area contributed by atoms with Crippen molar-refractivity contribution in [3.8, 4) is 0 Å². The van der Waals surface area contributed by atoms with Gasteiger partial charge in [0.05, 0.1) is 24.5 Å². The first-order chi connectivity index (χ1) is 13.1. The molecule has 1 amide bonds. The van der Waals surface area contributed by atoms with E-state index in [1.54, 1.807) is 11.3 Å². The maximum absolute atomic E-state index is 12.8. The van der Waals surface area contributed by atoms with Crippen LogP contribution in [-0.4, -0.2) is 74.3 Å². The van der Waals surface area contributed by atoms with Crippen LogP contribution in [0.25, 0.3) is 0 Å². The summed E-state index contributed by atoms with van der Waals surface area (Å²) in [5.74, 6) is 1.85. The highest BCUT2D eigenvalue weighted by atomic mass is 32.1. The highest BCUT2D eigenvalue weighted by Gasteiger charge is 2.26. The number of thiophene rings is 1. The van der Waals surface area contributed by atoms with E-state index in [4.69, 9.17) is 14.7 Å². The topological polar surface area (TPSA) is 61.8 Å². The summed E-state index contributed by atoms with van der Waals surface area (Å²) in [7, 11) is 4.04. The van der Waals surface area contributed by atoms with E-state index in [2.05, 4.69) is 9.80 Å². The van der Waals surface area contributed by atoms with Gasteiger partial charge in [0, 0.05) is 57.6 Å². The Bertz CT molecular complexity index is 803. The van der Waals surface area contributed by atoms with Gasteiger partial charge in [-0.1, -0.05) is 0 Å². The van der Waals surface area contributed by atoms with Gasteiger partial charge in [-0.05, 0) is 17.9 Å². The van der Waals surface area contributed by atoms with Gasteiger partial charge in [-0.3, -0.25) is 4.79 Å². The number of amides is 1. The third kappa shape index (κ3) is 3.77. The number of morpholine rings is 1. The number of hydrogen-bond donors (Lipinski definition) is 0. The zero-order chi connectivity index (χ0) is 18.8. The SMILES string of the molecule is CN(C)c1nc(N2CCOCC2)nc2c1CCN(C(=O)c1ccsc1)CC2. The molecule has 0 spiro atoms. The molecule has 0 saturated carbocycles. The van der Waals surface area contributed by atoms with Gasteiger partial charge in [0.2, 0.25) is 5.95 Å². The van der Waals surface area contributed by atoms with Crippen molar-refractivity contribution < 1.29 is 9.53 Å². The van der Waals surface area contributed by atoms with E-state index in [1.807, 2.05) is 35.8 Å². The monoisotopic (exact) mass is 387 g/mol. The van der Waals surface area contributed by atoms with E-state index in [0.29, 0.717) is 26.3 Å². The standard InChI is InChI=1S/C19H25N5O2S/c1-22(2)17-15-3-6-23(18(25)14-5-12-27-13-14)7-4-16(15)20-19(21-17)24-8-10-26-11-9-24/h5,12-13H,3-4,6-11H2,1-2H3. The van der Waals surface area contributed by atoms with Crippen LogP contribution in [0.15, 0.2) is 16.8 Å². The molecule has 27 heavy (non-hydrogen) atoms. The van der Waals surface area contributed by atoms with Crippen molar-refractivity contribution in [3.63, 3.8) is 0 Å². The summed E-state index contributed by atoms with van der Waals surface area (Å²) in [4.78, 5) is 28.7. The summed E-state index contributed by atoms with van der Waals surface area (Å²) < 4.78 is 5.46. The molecule has 7 nitrogen and oxygen atoms in total. The number of nitrogens with zero attached hydrogens (tertiary/aromatic N) is 5. The molecule has 0 unspecified atom stereocenters. The summed E-state index contributed by atoms with van der Waals surface area (Å²) in [5.41, 5.74) is 3.01. The van der Waals surface area contributed by atoms with Crippen LogP contribution in [0.1, 0.15) is 21.6 Å². The Morgan fingerprint density at radius 2 is 1.93 bits per heavy atom. The largest absolute Gasteiger partial charge is 0.378 e. The molecule has 0 bridgehead atoms. The molecule has 144 valence electrons. The predicted molar refractivity (Wildman–Crippen MR) is 107 cm³/mol. The minimum atomic E-state index is 0.108. The lowest BCUT2D eigenvalue weighted by atomic mass is 10.1. The Balaban J connectivity index is 1.61. The van der Waals surface area contributed by atoms with Crippen LogP contribution in [0.3, 0.4) is 0 Å².